The molecule has 29 heavy (non-hydrogen) atoms. The van der Waals surface area contributed by atoms with Gasteiger partial charge in [-0.05, 0) is 55.5 Å². The number of halogens is 1. The normalized spacial score (nSPS) is 14.3. The number of aromatic nitrogens is 3. The Morgan fingerprint density at radius 3 is 2.48 bits per heavy atom. The maximum atomic E-state index is 13.3. The van der Waals surface area contributed by atoms with Gasteiger partial charge in [-0.25, -0.2) is 14.4 Å². The molecule has 3 heterocycles. The Morgan fingerprint density at radius 2 is 1.79 bits per heavy atom. The van der Waals surface area contributed by atoms with Crippen LogP contribution in [0.15, 0.2) is 36.4 Å². The highest BCUT2D eigenvalue weighted by Gasteiger charge is 2.22. The van der Waals surface area contributed by atoms with E-state index in [9.17, 15) is 4.39 Å². The van der Waals surface area contributed by atoms with Gasteiger partial charge >= 0.3 is 0 Å². The maximum absolute atomic E-state index is 13.3. The minimum absolute atomic E-state index is 0.217. The smallest absolute Gasteiger partial charge is 0.222 e. The van der Waals surface area contributed by atoms with Crippen LogP contribution in [0.4, 0.5) is 16.2 Å². The molecule has 3 aromatic rings. The van der Waals surface area contributed by atoms with Crippen molar-refractivity contribution < 1.29 is 4.39 Å². The van der Waals surface area contributed by atoms with Gasteiger partial charge in [0.2, 0.25) is 5.95 Å². The first-order chi connectivity index (χ1) is 14.0. The molecule has 150 valence electrons. The molecule has 4 rings (SSSR count). The van der Waals surface area contributed by atoms with Crippen LogP contribution in [0.25, 0.3) is 22.3 Å². The first-order valence-corrected chi connectivity index (χ1v) is 9.94. The predicted molar refractivity (Wildman–Crippen MR) is 117 cm³/mol. The summed E-state index contributed by atoms with van der Waals surface area (Å²) in [6.07, 6.45) is 0. The molecule has 1 aliphatic rings. The molecule has 9 heteroatoms. The van der Waals surface area contributed by atoms with E-state index < -0.39 is 0 Å². The Labute approximate surface area is 173 Å². The van der Waals surface area contributed by atoms with E-state index in [0.29, 0.717) is 16.9 Å². The van der Waals surface area contributed by atoms with Gasteiger partial charge in [-0.2, -0.15) is 4.98 Å². The first kappa shape index (κ1) is 19.3. The number of thiocarbonyl (C=S) groups is 1. The highest BCUT2D eigenvalue weighted by molar-refractivity contribution is 7.80. The van der Waals surface area contributed by atoms with Crippen LogP contribution in [-0.4, -0.2) is 57.7 Å². The molecule has 0 bridgehead atoms. The van der Waals surface area contributed by atoms with Gasteiger partial charge in [-0.1, -0.05) is 0 Å². The first-order valence-electron chi connectivity index (χ1n) is 9.53. The molecular formula is C20H22FN7S. The van der Waals surface area contributed by atoms with Crippen LogP contribution in [0.1, 0.15) is 6.92 Å². The Bertz CT molecular complexity index is 1030. The number of pyridine rings is 1. The van der Waals surface area contributed by atoms with Gasteiger partial charge in [0, 0.05) is 38.3 Å². The molecule has 1 saturated heterocycles. The zero-order valence-corrected chi connectivity index (χ0v) is 16.9. The number of nitrogen functional groups attached to an aromatic ring is 1. The second kappa shape index (κ2) is 8.12. The second-order valence-electron chi connectivity index (χ2n) is 6.79. The third kappa shape index (κ3) is 4.04. The molecule has 3 N–H and O–H groups in total. The van der Waals surface area contributed by atoms with Crippen molar-refractivity contribution in [1.82, 2.24) is 25.2 Å². The standard InChI is InChI=1S/C20H22FN7S/c1-2-23-20(29)28-11-9-27(10-12-28)18-17-16(25-19(22)26-18)8-7-15(24-17)13-3-5-14(21)6-4-13/h3-8H,2,9-12H2,1H3,(H,23,29)(H2,22,25,26). The molecule has 0 aliphatic carbocycles. The minimum Gasteiger partial charge on any atom is -0.368 e. The van der Waals surface area contributed by atoms with Crippen LogP contribution in [0, 0.1) is 5.82 Å². The molecule has 0 radical (unpaired) electrons. The maximum Gasteiger partial charge on any atom is 0.222 e. The van der Waals surface area contributed by atoms with Crippen molar-refractivity contribution in [2.45, 2.75) is 6.92 Å². The van der Waals surface area contributed by atoms with E-state index in [4.69, 9.17) is 22.9 Å². The van der Waals surface area contributed by atoms with Gasteiger partial charge < -0.3 is 20.9 Å². The van der Waals surface area contributed by atoms with Crippen LogP contribution in [0.5, 0.6) is 0 Å². The topological polar surface area (TPSA) is 83.2 Å². The fourth-order valence-electron chi connectivity index (χ4n) is 3.40. The number of fused-ring (bicyclic) bond motifs is 1. The average molecular weight is 412 g/mol. The second-order valence-corrected chi connectivity index (χ2v) is 7.17. The third-order valence-electron chi connectivity index (χ3n) is 4.88. The molecule has 0 amide bonds. The molecule has 0 saturated carbocycles. The molecule has 0 unspecified atom stereocenters. The average Bonchev–Trinajstić information content (AvgIpc) is 2.74. The quantitative estimate of drug-likeness (QED) is 0.636. The summed E-state index contributed by atoms with van der Waals surface area (Å²) < 4.78 is 13.3. The van der Waals surface area contributed by atoms with Crippen LogP contribution < -0.4 is 16.0 Å². The van der Waals surface area contributed by atoms with Crippen molar-refractivity contribution in [3.8, 4) is 11.3 Å². The number of nitrogens with two attached hydrogens (primary N) is 1. The lowest BCUT2D eigenvalue weighted by molar-refractivity contribution is 0.380. The molecule has 0 atom stereocenters. The number of benzene rings is 1. The highest BCUT2D eigenvalue weighted by Crippen LogP contribution is 2.27. The number of nitrogens with one attached hydrogen (secondary N) is 1. The Balaban J connectivity index is 1.66. The monoisotopic (exact) mass is 411 g/mol. The lowest BCUT2D eigenvalue weighted by atomic mass is 10.1. The van der Waals surface area contributed by atoms with E-state index in [1.165, 1.54) is 12.1 Å². The molecule has 1 aromatic carbocycles. The summed E-state index contributed by atoms with van der Waals surface area (Å²) in [6, 6.07) is 10.0. The molecule has 0 spiro atoms. The largest absolute Gasteiger partial charge is 0.368 e. The summed E-state index contributed by atoms with van der Waals surface area (Å²) in [6.45, 7) is 5.91. The van der Waals surface area contributed by atoms with Gasteiger partial charge in [-0.15, -0.1) is 0 Å². The lowest BCUT2D eigenvalue weighted by Gasteiger charge is -2.36. The summed E-state index contributed by atoms with van der Waals surface area (Å²) in [5.74, 6) is 0.652. The fraction of sp³-hybridized carbons (Fsp3) is 0.300. The van der Waals surface area contributed by atoms with E-state index in [0.717, 1.165) is 49.1 Å². The van der Waals surface area contributed by atoms with Gasteiger partial charge in [0.15, 0.2) is 10.9 Å². The SMILES string of the molecule is CCNC(=S)N1CCN(c2nc(N)nc3ccc(-c4ccc(F)cc4)nc23)CC1. The predicted octanol–water partition coefficient (Wildman–Crippen LogP) is 2.43. The molecule has 1 fully saturated rings. The van der Waals surface area contributed by atoms with Gasteiger partial charge in [0.25, 0.3) is 0 Å². The number of rotatable bonds is 3. The van der Waals surface area contributed by atoms with Gasteiger partial charge in [0.05, 0.1) is 11.2 Å². The van der Waals surface area contributed by atoms with Crippen LogP contribution in [-0.2, 0) is 0 Å². The van der Waals surface area contributed by atoms with Crippen molar-refractivity contribution >= 4 is 40.1 Å². The van der Waals surface area contributed by atoms with Crippen molar-refractivity contribution in [3.05, 3.63) is 42.2 Å². The number of nitrogens with zero attached hydrogens (tertiary/aromatic N) is 5. The Hall–Kier alpha value is -3.07. The minimum atomic E-state index is -0.278. The number of anilines is 2. The molecular weight excluding hydrogens is 389 g/mol. The van der Waals surface area contributed by atoms with Crippen LogP contribution >= 0.6 is 12.2 Å². The zero-order chi connectivity index (χ0) is 20.4. The van der Waals surface area contributed by atoms with E-state index in [-0.39, 0.29) is 11.8 Å². The van der Waals surface area contributed by atoms with Crippen LogP contribution in [0.2, 0.25) is 0 Å². The zero-order valence-electron chi connectivity index (χ0n) is 16.1. The molecule has 7 nitrogen and oxygen atoms in total. The van der Waals surface area contributed by atoms with Gasteiger partial charge in [0.1, 0.15) is 11.3 Å². The Kier molecular flexibility index (Phi) is 5.39. The van der Waals surface area contributed by atoms with E-state index >= 15 is 0 Å². The van der Waals surface area contributed by atoms with Gasteiger partial charge in [-0.3, -0.25) is 0 Å². The fourth-order valence-corrected chi connectivity index (χ4v) is 3.73. The lowest BCUT2D eigenvalue weighted by Crippen LogP contribution is -2.52. The summed E-state index contributed by atoms with van der Waals surface area (Å²) in [5.41, 5.74) is 8.89. The summed E-state index contributed by atoms with van der Waals surface area (Å²) in [7, 11) is 0. The van der Waals surface area contributed by atoms with E-state index in [1.807, 2.05) is 19.1 Å². The van der Waals surface area contributed by atoms with Crippen molar-refractivity contribution in [2.24, 2.45) is 0 Å². The van der Waals surface area contributed by atoms with Crippen LogP contribution in [0.3, 0.4) is 0 Å². The van der Waals surface area contributed by atoms with E-state index in [2.05, 4.69) is 25.1 Å². The third-order valence-corrected chi connectivity index (χ3v) is 5.28. The molecule has 1 aliphatic heterocycles. The Morgan fingerprint density at radius 1 is 1.07 bits per heavy atom. The van der Waals surface area contributed by atoms with Crippen molar-refractivity contribution in [3.63, 3.8) is 0 Å². The van der Waals surface area contributed by atoms with Crippen molar-refractivity contribution in [1.29, 1.82) is 0 Å². The number of hydrogen-bond acceptors (Lipinski definition) is 6. The highest BCUT2D eigenvalue weighted by atomic mass is 32.1. The summed E-state index contributed by atoms with van der Waals surface area (Å²) in [4.78, 5) is 17.9. The van der Waals surface area contributed by atoms with Crippen molar-refractivity contribution in [2.75, 3.05) is 43.4 Å². The number of piperazine rings is 1. The summed E-state index contributed by atoms with van der Waals surface area (Å²) in [5, 5.41) is 3.97. The number of hydrogen-bond donors (Lipinski definition) is 2. The van der Waals surface area contributed by atoms with E-state index in [1.54, 1.807) is 12.1 Å². The molecule has 2 aromatic heterocycles. The summed E-state index contributed by atoms with van der Waals surface area (Å²) >= 11 is 5.42.